The summed E-state index contributed by atoms with van der Waals surface area (Å²) in [6, 6.07) is 15.8. The molecule has 0 radical (unpaired) electrons. The quantitative estimate of drug-likeness (QED) is 0.361. The van der Waals surface area contributed by atoms with Crippen LogP contribution in [-0.4, -0.2) is 40.6 Å². The molecule has 0 aliphatic heterocycles. The van der Waals surface area contributed by atoms with Crippen LogP contribution in [0.2, 0.25) is 5.02 Å². The number of rotatable bonds is 7. The number of amides is 1. The highest BCUT2D eigenvalue weighted by Crippen LogP contribution is 2.26. The zero-order valence-electron chi connectivity index (χ0n) is 18.6. The molecule has 0 bridgehead atoms. The van der Waals surface area contributed by atoms with Crippen LogP contribution in [0.3, 0.4) is 0 Å². The summed E-state index contributed by atoms with van der Waals surface area (Å²) >= 11 is 7.57. The molecule has 8 heteroatoms. The first kappa shape index (κ1) is 23.2. The minimum atomic E-state index is -0.507. The lowest BCUT2D eigenvalue weighted by Crippen LogP contribution is -2.39. The third-order valence-electron chi connectivity index (χ3n) is 5.52. The predicted molar refractivity (Wildman–Crippen MR) is 133 cm³/mol. The Hall–Kier alpha value is -3.00. The van der Waals surface area contributed by atoms with Gasteiger partial charge in [0.2, 0.25) is 0 Å². The van der Waals surface area contributed by atoms with Crippen LogP contribution >= 0.6 is 22.9 Å². The lowest BCUT2D eigenvalue weighted by atomic mass is 10.1. The van der Waals surface area contributed by atoms with E-state index in [0.717, 1.165) is 5.56 Å². The van der Waals surface area contributed by atoms with E-state index in [-0.39, 0.29) is 11.5 Å². The van der Waals surface area contributed by atoms with Crippen molar-refractivity contribution in [3.05, 3.63) is 91.6 Å². The standard InChI is InChI=1S/C25H24ClN3O3S/c1-16-6-9-19(10-7-16)29-23(27-21-15-18(26)8-11-20(21)24(29)30)17(2)28(12-13-32-3)25(31)22-5-4-14-33-22/h4-11,14-15,17H,12-13H2,1-3H3. The Kier molecular flexibility index (Phi) is 6.93. The van der Waals surface area contributed by atoms with Crippen LogP contribution in [0.1, 0.15) is 34.0 Å². The van der Waals surface area contributed by atoms with E-state index in [2.05, 4.69) is 0 Å². The molecular weight excluding hydrogens is 458 g/mol. The molecule has 1 unspecified atom stereocenters. The summed E-state index contributed by atoms with van der Waals surface area (Å²) in [6.45, 7) is 4.58. The van der Waals surface area contributed by atoms with E-state index in [4.69, 9.17) is 21.3 Å². The van der Waals surface area contributed by atoms with Gasteiger partial charge in [-0.3, -0.25) is 14.2 Å². The molecule has 33 heavy (non-hydrogen) atoms. The summed E-state index contributed by atoms with van der Waals surface area (Å²) in [5.74, 6) is 0.324. The summed E-state index contributed by atoms with van der Waals surface area (Å²) in [6.07, 6.45) is 0. The maximum Gasteiger partial charge on any atom is 0.266 e. The second-order valence-corrected chi connectivity index (χ2v) is 9.14. The lowest BCUT2D eigenvalue weighted by molar-refractivity contribution is 0.0610. The SMILES string of the molecule is COCCN(C(=O)c1cccs1)C(C)c1nc2cc(Cl)ccc2c(=O)n1-c1ccc(C)cc1. The number of nitrogens with zero attached hydrogens (tertiary/aromatic N) is 3. The molecule has 1 atom stereocenters. The van der Waals surface area contributed by atoms with Gasteiger partial charge in [0.05, 0.1) is 34.1 Å². The number of aryl methyl sites for hydroxylation is 1. The van der Waals surface area contributed by atoms with Gasteiger partial charge in [0.1, 0.15) is 5.82 Å². The van der Waals surface area contributed by atoms with E-state index in [1.807, 2.05) is 49.6 Å². The first-order chi connectivity index (χ1) is 15.9. The monoisotopic (exact) mass is 481 g/mol. The number of fused-ring (bicyclic) bond motifs is 1. The number of hydrogen-bond donors (Lipinski definition) is 0. The summed E-state index contributed by atoms with van der Waals surface area (Å²) < 4.78 is 6.85. The van der Waals surface area contributed by atoms with Gasteiger partial charge in [-0.05, 0) is 55.6 Å². The molecule has 1 amide bonds. The molecule has 2 aromatic carbocycles. The van der Waals surface area contributed by atoms with E-state index < -0.39 is 6.04 Å². The smallest absolute Gasteiger partial charge is 0.266 e. The van der Waals surface area contributed by atoms with E-state index >= 15 is 0 Å². The molecule has 170 valence electrons. The van der Waals surface area contributed by atoms with Gasteiger partial charge in [0, 0.05) is 18.7 Å². The van der Waals surface area contributed by atoms with Gasteiger partial charge >= 0.3 is 0 Å². The van der Waals surface area contributed by atoms with Gasteiger partial charge in [-0.1, -0.05) is 35.4 Å². The number of thiophene rings is 1. The topological polar surface area (TPSA) is 64.4 Å². The average Bonchev–Trinajstić information content (AvgIpc) is 3.34. The first-order valence-electron chi connectivity index (χ1n) is 10.5. The second kappa shape index (κ2) is 9.87. The molecule has 6 nitrogen and oxygen atoms in total. The molecule has 0 saturated heterocycles. The number of halogens is 1. The number of carbonyl (C=O) groups excluding carboxylic acids is 1. The Morgan fingerprint density at radius 1 is 1.21 bits per heavy atom. The van der Waals surface area contributed by atoms with Crippen molar-refractivity contribution in [1.82, 2.24) is 14.5 Å². The highest BCUT2D eigenvalue weighted by atomic mass is 35.5. The molecule has 0 spiro atoms. The highest BCUT2D eigenvalue weighted by molar-refractivity contribution is 7.12. The summed E-state index contributed by atoms with van der Waals surface area (Å²) in [5, 5.41) is 2.82. The van der Waals surface area contributed by atoms with Gasteiger partial charge in [0.15, 0.2) is 0 Å². The molecule has 4 rings (SSSR count). The number of aromatic nitrogens is 2. The largest absolute Gasteiger partial charge is 0.383 e. The lowest BCUT2D eigenvalue weighted by Gasteiger charge is -2.30. The van der Waals surface area contributed by atoms with Crippen molar-refractivity contribution >= 4 is 39.7 Å². The Labute approximate surface area is 201 Å². The Bertz CT molecular complexity index is 1330. The molecule has 0 fully saturated rings. The van der Waals surface area contributed by atoms with Crippen molar-refractivity contribution in [2.75, 3.05) is 20.3 Å². The summed E-state index contributed by atoms with van der Waals surface area (Å²) in [7, 11) is 1.59. The van der Waals surface area contributed by atoms with Crippen molar-refractivity contribution in [3.8, 4) is 5.69 Å². The number of carbonyl (C=O) groups is 1. The maximum atomic E-state index is 13.6. The summed E-state index contributed by atoms with van der Waals surface area (Å²) in [4.78, 5) is 34.2. The van der Waals surface area contributed by atoms with Crippen LogP contribution < -0.4 is 5.56 Å². The van der Waals surface area contributed by atoms with Crippen molar-refractivity contribution in [2.45, 2.75) is 19.9 Å². The van der Waals surface area contributed by atoms with Crippen molar-refractivity contribution in [1.29, 1.82) is 0 Å². The third-order valence-corrected chi connectivity index (χ3v) is 6.61. The molecule has 0 saturated carbocycles. The normalized spacial score (nSPS) is 12.1. The minimum Gasteiger partial charge on any atom is -0.383 e. The molecule has 0 N–H and O–H groups in total. The number of hydrogen-bond acceptors (Lipinski definition) is 5. The number of benzene rings is 2. The Balaban J connectivity index is 1.92. The Morgan fingerprint density at radius 2 is 1.97 bits per heavy atom. The van der Waals surface area contributed by atoms with E-state index in [1.165, 1.54) is 11.3 Å². The van der Waals surface area contributed by atoms with Crippen molar-refractivity contribution in [3.63, 3.8) is 0 Å². The zero-order chi connectivity index (χ0) is 23.5. The van der Waals surface area contributed by atoms with E-state index in [9.17, 15) is 9.59 Å². The fourth-order valence-corrected chi connectivity index (χ4v) is 4.59. The third kappa shape index (κ3) is 4.71. The van der Waals surface area contributed by atoms with Crippen LogP contribution in [0.5, 0.6) is 0 Å². The number of ether oxygens (including phenoxy) is 1. The average molecular weight is 482 g/mol. The van der Waals surface area contributed by atoms with Crippen LogP contribution in [0.4, 0.5) is 0 Å². The molecule has 0 aliphatic carbocycles. The van der Waals surface area contributed by atoms with Crippen LogP contribution in [0, 0.1) is 6.92 Å². The predicted octanol–water partition coefficient (Wildman–Crippen LogP) is 5.26. The van der Waals surface area contributed by atoms with Crippen molar-refractivity contribution in [2.24, 2.45) is 0 Å². The molecule has 0 aliphatic rings. The van der Waals surface area contributed by atoms with Gasteiger partial charge < -0.3 is 9.64 Å². The van der Waals surface area contributed by atoms with Crippen LogP contribution in [-0.2, 0) is 4.74 Å². The van der Waals surface area contributed by atoms with Gasteiger partial charge in [-0.2, -0.15) is 0 Å². The Morgan fingerprint density at radius 3 is 2.64 bits per heavy atom. The minimum absolute atomic E-state index is 0.134. The van der Waals surface area contributed by atoms with Gasteiger partial charge in [0.25, 0.3) is 11.5 Å². The van der Waals surface area contributed by atoms with Crippen LogP contribution in [0.25, 0.3) is 16.6 Å². The maximum absolute atomic E-state index is 13.6. The van der Waals surface area contributed by atoms with Gasteiger partial charge in [-0.15, -0.1) is 11.3 Å². The van der Waals surface area contributed by atoms with Gasteiger partial charge in [-0.25, -0.2) is 4.98 Å². The number of methoxy groups -OCH3 is 1. The molecule has 4 aromatic rings. The molecule has 2 heterocycles. The highest BCUT2D eigenvalue weighted by Gasteiger charge is 2.28. The van der Waals surface area contributed by atoms with E-state index in [0.29, 0.717) is 45.5 Å². The molecule has 2 aromatic heterocycles. The molecular formula is C25H24ClN3O3S. The second-order valence-electron chi connectivity index (χ2n) is 7.75. The van der Waals surface area contributed by atoms with Crippen LogP contribution in [0.15, 0.2) is 64.8 Å². The fraction of sp³-hybridized carbons (Fsp3) is 0.240. The van der Waals surface area contributed by atoms with E-state index in [1.54, 1.807) is 40.8 Å². The fourth-order valence-electron chi connectivity index (χ4n) is 3.74. The summed E-state index contributed by atoms with van der Waals surface area (Å²) in [5.41, 5.74) is 2.05. The zero-order valence-corrected chi connectivity index (χ0v) is 20.2. The van der Waals surface area contributed by atoms with Crippen molar-refractivity contribution < 1.29 is 9.53 Å². The first-order valence-corrected chi connectivity index (χ1v) is 11.8.